The molecule has 3 rings (SSSR count). The van der Waals surface area contributed by atoms with E-state index < -0.39 is 5.91 Å². The smallest absolute Gasteiger partial charge is 0.248 e. The van der Waals surface area contributed by atoms with Crippen molar-refractivity contribution < 1.29 is 9.59 Å². The van der Waals surface area contributed by atoms with Gasteiger partial charge in [0.2, 0.25) is 11.8 Å². The fourth-order valence-electron chi connectivity index (χ4n) is 3.61. The normalized spacial score (nSPS) is 13.6. The van der Waals surface area contributed by atoms with Crippen molar-refractivity contribution in [3.8, 4) is 0 Å². The van der Waals surface area contributed by atoms with Gasteiger partial charge in [-0.2, -0.15) is 0 Å². The molecule has 0 fully saturated rings. The number of carbonyl (C=O) groups is 2. The van der Waals surface area contributed by atoms with Crippen molar-refractivity contribution in [2.75, 3.05) is 11.4 Å². The second-order valence-corrected chi connectivity index (χ2v) is 7.41. The molecule has 0 radical (unpaired) electrons. The Labute approximate surface area is 155 Å². The molecule has 26 heavy (non-hydrogen) atoms. The van der Waals surface area contributed by atoms with Crippen molar-refractivity contribution >= 4 is 17.5 Å². The van der Waals surface area contributed by atoms with Gasteiger partial charge in [0.15, 0.2) is 0 Å². The molecule has 0 saturated heterocycles. The Hall–Kier alpha value is -2.62. The van der Waals surface area contributed by atoms with Crippen LogP contribution in [0.2, 0.25) is 0 Å². The van der Waals surface area contributed by atoms with E-state index in [0.29, 0.717) is 24.3 Å². The van der Waals surface area contributed by atoms with Gasteiger partial charge in [-0.3, -0.25) is 9.59 Å². The molecule has 136 valence electrons. The maximum atomic E-state index is 12.5. The number of hydrogen-bond acceptors (Lipinski definition) is 2. The SMILES string of the molecule is CC(C)CC(=O)N1CCCc2cc(Cc3ccccc3C(N)=O)ccc21. The van der Waals surface area contributed by atoms with Gasteiger partial charge in [-0.15, -0.1) is 0 Å². The fraction of sp³-hybridized carbons (Fsp3) is 0.364. The third-order valence-electron chi connectivity index (χ3n) is 4.82. The van der Waals surface area contributed by atoms with Gasteiger partial charge in [0, 0.05) is 24.2 Å². The number of fused-ring (bicyclic) bond motifs is 1. The third kappa shape index (κ3) is 3.96. The molecule has 0 aliphatic carbocycles. The van der Waals surface area contributed by atoms with E-state index >= 15 is 0 Å². The van der Waals surface area contributed by atoms with E-state index in [1.807, 2.05) is 23.1 Å². The molecular formula is C22H26N2O2. The molecule has 0 bridgehead atoms. The summed E-state index contributed by atoms with van der Waals surface area (Å²) in [5.41, 5.74) is 10.4. The predicted molar refractivity (Wildman–Crippen MR) is 104 cm³/mol. The highest BCUT2D eigenvalue weighted by molar-refractivity contribution is 5.95. The van der Waals surface area contributed by atoms with Gasteiger partial charge in [0.25, 0.3) is 0 Å². The summed E-state index contributed by atoms with van der Waals surface area (Å²) >= 11 is 0. The lowest BCUT2D eigenvalue weighted by molar-refractivity contribution is -0.119. The summed E-state index contributed by atoms with van der Waals surface area (Å²) in [7, 11) is 0. The Morgan fingerprint density at radius 2 is 1.92 bits per heavy atom. The molecule has 2 amide bonds. The van der Waals surface area contributed by atoms with Crippen LogP contribution in [0.4, 0.5) is 5.69 Å². The first kappa shape index (κ1) is 18.2. The molecule has 1 aliphatic heterocycles. The third-order valence-corrected chi connectivity index (χ3v) is 4.82. The molecule has 0 unspecified atom stereocenters. The predicted octanol–water partition coefficient (Wildman–Crippen LogP) is 3.70. The lowest BCUT2D eigenvalue weighted by Crippen LogP contribution is -2.36. The first-order valence-corrected chi connectivity index (χ1v) is 9.25. The number of aryl methyl sites for hydroxylation is 1. The van der Waals surface area contributed by atoms with Crippen molar-refractivity contribution in [1.82, 2.24) is 0 Å². The van der Waals surface area contributed by atoms with E-state index in [0.717, 1.165) is 36.2 Å². The van der Waals surface area contributed by atoms with Crippen molar-refractivity contribution in [2.45, 2.75) is 39.5 Å². The van der Waals surface area contributed by atoms with Gasteiger partial charge in [-0.05, 0) is 54.0 Å². The number of anilines is 1. The van der Waals surface area contributed by atoms with Gasteiger partial charge >= 0.3 is 0 Å². The van der Waals surface area contributed by atoms with Crippen LogP contribution in [-0.2, 0) is 17.6 Å². The zero-order valence-electron chi connectivity index (χ0n) is 15.5. The van der Waals surface area contributed by atoms with Crippen LogP contribution in [0.5, 0.6) is 0 Å². The Kier molecular flexibility index (Phi) is 5.40. The molecule has 2 aromatic rings. The maximum absolute atomic E-state index is 12.5. The molecule has 2 N–H and O–H groups in total. The molecule has 4 nitrogen and oxygen atoms in total. The summed E-state index contributed by atoms with van der Waals surface area (Å²) in [6, 6.07) is 13.7. The van der Waals surface area contributed by atoms with Crippen molar-refractivity contribution in [2.24, 2.45) is 11.7 Å². The molecule has 0 saturated carbocycles. The number of carbonyl (C=O) groups excluding carboxylic acids is 2. The molecular weight excluding hydrogens is 324 g/mol. The standard InChI is InChI=1S/C22H26N2O2/c1-15(2)12-21(25)24-11-5-7-18-14-16(9-10-20(18)24)13-17-6-3-4-8-19(17)22(23)26/h3-4,6,8-10,14-15H,5,7,11-13H2,1-2H3,(H2,23,26). The quantitative estimate of drug-likeness (QED) is 0.893. The van der Waals surface area contributed by atoms with Crippen molar-refractivity contribution in [1.29, 1.82) is 0 Å². The Balaban J connectivity index is 1.85. The van der Waals surface area contributed by atoms with Crippen LogP contribution in [0, 0.1) is 5.92 Å². The lowest BCUT2D eigenvalue weighted by Gasteiger charge is -2.30. The molecule has 1 aliphatic rings. The Morgan fingerprint density at radius 1 is 1.15 bits per heavy atom. The van der Waals surface area contributed by atoms with Crippen LogP contribution in [0.1, 0.15) is 53.7 Å². The lowest BCUT2D eigenvalue weighted by atomic mass is 9.94. The summed E-state index contributed by atoms with van der Waals surface area (Å²) in [5, 5.41) is 0. The highest BCUT2D eigenvalue weighted by Crippen LogP contribution is 2.30. The second-order valence-electron chi connectivity index (χ2n) is 7.41. The summed E-state index contributed by atoms with van der Waals surface area (Å²) in [5.74, 6) is 0.161. The first-order valence-electron chi connectivity index (χ1n) is 9.25. The Bertz CT molecular complexity index is 827. The van der Waals surface area contributed by atoms with E-state index in [2.05, 4.69) is 32.0 Å². The molecule has 4 heteroatoms. The van der Waals surface area contributed by atoms with E-state index in [9.17, 15) is 9.59 Å². The zero-order valence-corrected chi connectivity index (χ0v) is 15.5. The molecule has 1 heterocycles. The van der Waals surface area contributed by atoms with E-state index in [1.54, 1.807) is 6.07 Å². The molecule has 0 aromatic heterocycles. The highest BCUT2D eigenvalue weighted by atomic mass is 16.2. The maximum Gasteiger partial charge on any atom is 0.248 e. The van der Waals surface area contributed by atoms with Crippen LogP contribution in [0.15, 0.2) is 42.5 Å². The molecule has 2 aromatic carbocycles. The number of rotatable bonds is 5. The fourth-order valence-corrected chi connectivity index (χ4v) is 3.61. The minimum absolute atomic E-state index is 0.202. The number of primary amides is 1. The minimum atomic E-state index is -0.399. The number of nitrogens with zero attached hydrogens (tertiary/aromatic N) is 1. The molecule has 0 spiro atoms. The Morgan fingerprint density at radius 3 is 2.65 bits per heavy atom. The largest absolute Gasteiger partial charge is 0.366 e. The van der Waals surface area contributed by atoms with Crippen LogP contribution >= 0.6 is 0 Å². The monoisotopic (exact) mass is 350 g/mol. The van der Waals surface area contributed by atoms with E-state index in [4.69, 9.17) is 5.73 Å². The molecule has 0 atom stereocenters. The van der Waals surface area contributed by atoms with Crippen molar-refractivity contribution in [3.05, 3.63) is 64.7 Å². The first-order chi connectivity index (χ1) is 12.5. The van der Waals surface area contributed by atoms with Crippen molar-refractivity contribution in [3.63, 3.8) is 0 Å². The second kappa shape index (κ2) is 7.73. The average molecular weight is 350 g/mol. The van der Waals surface area contributed by atoms with Crippen LogP contribution in [0.25, 0.3) is 0 Å². The van der Waals surface area contributed by atoms with Crippen LogP contribution < -0.4 is 10.6 Å². The number of hydrogen-bond donors (Lipinski definition) is 1. The van der Waals surface area contributed by atoms with E-state index in [-0.39, 0.29) is 5.91 Å². The number of benzene rings is 2. The van der Waals surface area contributed by atoms with Gasteiger partial charge < -0.3 is 10.6 Å². The summed E-state index contributed by atoms with van der Waals surface area (Å²) < 4.78 is 0. The zero-order chi connectivity index (χ0) is 18.7. The van der Waals surface area contributed by atoms with Gasteiger partial charge in [-0.1, -0.05) is 44.2 Å². The highest BCUT2D eigenvalue weighted by Gasteiger charge is 2.23. The summed E-state index contributed by atoms with van der Waals surface area (Å²) in [6.45, 7) is 4.94. The minimum Gasteiger partial charge on any atom is -0.366 e. The summed E-state index contributed by atoms with van der Waals surface area (Å²) in [4.78, 5) is 26.1. The van der Waals surface area contributed by atoms with Gasteiger partial charge in [0.1, 0.15) is 0 Å². The van der Waals surface area contributed by atoms with E-state index in [1.165, 1.54) is 5.56 Å². The summed E-state index contributed by atoms with van der Waals surface area (Å²) in [6.07, 6.45) is 3.20. The number of amides is 2. The number of nitrogens with two attached hydrogens (primary N) is 1. The topological polar surface area (TPSA) is 63.4 Å². The van der Waals surface area contributed by atoms with Gasteiger partial charge in [0.05, 0.1) is 0 Å². The van der Waals surface area contributed by atoms with Crippen LogP contribution in [-0.4, -0.2) is 18.4 Å². The van der Waals surface area contributed by atoms with Gasteiger partial charge in [-0.25, -0.2) is 0 Å². The van der Waals surface area contributed by atoms with Crippen LogP contribution in [0.3, 0.4) is 0 Å². The average Bonchev–Trinajstić information content (AvgIpc) is 2.60.